The third kappa shape index (κ3) is 2.44. The SMILES string of the molecule is CCCCc1ccc2ccnc(C(=N)N)c2c1. The smallest absolute Gasteiger partial charge is 0.142 e. The Morgan fingerprint density at radius 1 is 1.35 bits per heavy atom. The van der Waals surface area contributed by atoms with Crippen LogP contribution in [-0.2, 0) is 6.42 Å². The zero-order chi connectivity index (χ0) is 12.3. The van der Waals surface area contributed by atoms with Gasteiger partial charge in [0.15, 0.2) is 0 Å². The summed E-state index contributed by atoms with van der Waals surface area (Å²) in [7, 11) is 0. The van der Waals surface area contributed by atoms with E-state index < -0.39 is 0 Å². The lowest BCUT2D eigenvalue weighted by atomic mass is 10.0. The minimum atomic E-state index is 0.0308. The maximum atomic E-state index is 7.54. The number of hydrogen-bond donors (Lipinski definition) is 2. The highest BCUT2D eigenvalue weighted by Gasteiger charge is 2.05. The first-order valence-corrected chi connectivity index (χ1v) is 5.94. The molecule has 0 saturated heterocycles. The van der Waals surface area contributed by atoms with Crippen molar-refractivity contribution in [3.05, 3.63) is 41.7 Å². The van der Waals surface area contributed by atoms with Crippen molar-refractivity contribution in [2.75, 3.05) is 0 Å². The second-order valence-electron chi connectivity index (χ2n) is 4.23. The number of aromatic nitrogens is 1. The molecule has 0 saturated carbocycles. The van der Waals surface area contributed by atoms with Gasteiger partial charge in [-0.1, -0.05) is 25.5 Å². The van der Waals surface area contributed by atoms with Crippen molar-refractivity contribution in [3.63, 3.8) is 0 Å². The van der Waals surface area contributed by atoms with Crippen molar-refractivity contribution in [3.8, 4) is 0 Å². The van der Waals surface area contributed by atoms with Crippen molar-refractivity contribution < 1.29 is 0 Å². The number of fused-ring (bicyclic) bond motifs is 1. The first kappa shape index (κ1) is 11.6. The van der Waals surface area contributed by atoms with Gasteiger partial charge in [0.2, 0.25) is 0 Å². The maximum Gasteiger partial charge on any atom is 0.142 e. The highest BCUT2D eigenvalue weighted by atomic mass is 14.8. The number of nitrogens with two attached hydrogens (primary N) is 1. The zero-order valence-electron chi connectivity index (χ0n) is 10.0. The molecule has 2 aromatic rings. The molecule has 0 atom stereocenters. The number of pyridine rings is 1. The summed E-state index contributed by atoms with van der Waals surface area (Å²) in [5.74, 6) is 0.0308. The maximum absolute atomic E-state index is 7.54. The van der Waals surface area contributed by atoms with Crippen LogP contribution in [0.4, 0.5) is 0 Å². The molecule has 0 aliphatic carbocycles. The molecule has 0 aliphatic heterocycles. The predicted octanol–water partition coefficient (Wildman–Crippen LogP) is 2.86. The Kier molecular flexibility index (Phi) is 3.38. The molecule has 3 heteroatoms. The summed E-state index contributed by atoms with van der Waals surface area (Å²) >= 11 is 0. The van der Waals surface area contributed by atoms with Crippen molar-refractivity contribution in [1.29, 1.82) is 5.41 Å². The van der Waals surface area contributed by atoms with E-state index in [1.807, 2.05) is 6.07 Å². The topological polar surface area (TPSA) is 62.8 Å². The molecule has 0 fully saturated rings. The largest absolute Gasteiger partial charge is 0.382 e. The number of nitrogens with zero attached hydrogens (tertiary/aromatic N) is 1. The van der Waals surface area contributed by atoms with Gasteiger partial charge < -0.3 is 5.73 Å². The number of hydrogen-bond acceptors (Lipinski definition) is 2. The van der Waals surface area contributed by atoms with Crippen molar-refractivity contribution in [2.45, 2.75) is 26.2 Å². The fourth-order valence-electron chi connectivity index (χ4n) is 1.97. The number of amidine groups is 1. The molecule has 1 heterocycles. The summed E-state index contributed by atoms with van der Waals surface area (Å²) in [4.78, 5) is 4.18. The van der Waals surface area contributed by atoms with E-state index in [2.05, 4.69) is 30.1 Å². The van der Waals surface area contributed by atoms with E-state index in [0.29, 0.717) is 5.69 Å². The quantitative estimate of drug-likeness (QED) is 0.623. The van der Waals surface area contributed by atoms with Gasteiger partial charge in [-0.15, -0.1) is 0 Å². The average Bonchev–Trinajstić information content (AvgIpc) is 2.35. The summed E-state index contributed by atoms with van der Waals surface area (Å²) in [6.07, 6.45) is 5.13. The van der Waals surface area contributed by atoms with Crippen molar-refractivity contribution >= 4 is 16.6 Å². The summed E-state index contributed by atoms with van der Waals surface area (Å²) in [6.45, 7) is 2.18. The van der Waals surface area contributed by atoms with Gasteiger partial charge in [0.25, 0.3) is 0 Å². The zero-order valence-corrected chi connectivity index (χ0v) is 10.0. The molecule has 0 spiro atoms. The van der Waals surface area contributed by atoms with Crippen LogP contribution in [0.1, 0.15) is 31.0 Å². The number of unbranched alkanes of at least 4 members (excludes halogenated alkanes) is 1. The number of aryl methyl sites for hydroxylation is 1. The predicted molar refractivity (Wildman–Crippen MR) is 71.4 cm³/mol. The van der Waals surface area contributed by atoms with Crippen LogP contribution in [0.2, 0.25) is 0 Å². The molecule has 3 nitrogen and oxygen atoms in total. The van der Waals surface area contributed by atoms with Gasteiger partial charge in [0.1, 0.15) is 11.5 Å². The highest BCUT2D eigenvalue weighted by Crippen LogP contribution is 2.19. The van der Waals surface area contributed by atoms with Gasteiger partial charge in [-0.25, -0.2) is 0 Å². The Hall–Kier alpha value is -1.90. The number of rotatable bonds is 4. The van der Waals surface area contributed by atoms with E-state index in [1.54, 1.807) is 6.20 Å². The number of nitrogens with one attached hydrogen (secondary N) is 1. The lowest BCUT2D eigenvalue weighted by Crippen LogP contribution is -2.13. The molecule has 0 radical (unpaired) electrons. The van der Waals surface area contributed by atoms with Crippen LogP contribution in [0, 0.1) is 5.41 Å². The van der Waals surface area contributed by atoms with Crippen LogP contribution in [0.25, 0.3) is 10.8 Å². The lowest BCUT2D eigenvalue weighted by molar-refractivity contribution is 0.796. The van der Waals surface area contributed by atoms with Gasteiger partial charge in [-0.2, -0.15) is 0 Å². The molecular formula is C14H17N3. The van der Waals surface area contributed by atoms with E-state index in [-0.39, 0.29) is 5.84 Å². The van der Waals surface area contributed by atoms with Crippen LogP contribution in [0.3, 0.4) is 0 Å². The van der Waals surface area contributed by atoms with E-state index in [0.717, 1.165) is 17.2 Å². The molecule has 1 aromatic heterocycles. The van der Waals surface area contributed by atoms with Gasteiger partial charge in [-0.05, 0) is 35.9 Å². The van der Waals surface area contributed by atoms with Crippen LogP contribution < -0.4 is 5.73 Å². The third-order valence-electron chi connectivity index (χ3n) is 2.90. The average molecular weight is 227 g/mol. The van der Waals surface area contributed by atoms with Gasteiger partial charge >= 0.3 is 0 Å². The Morgan fingerprint density at radius 3 is 2.88 bits per heavy atom. The molecule has 2 rings (SSSR count). The van der Waals surface area contributed by atoms with Crippen LogP contribution in [0.5, 0.6) is 0 Å². The molecule has 17 heavy (non-hydrogen) atoms. The van der Waals surface area contributed by atoms with Gasteiger partial charge in [0, 0.05) is 11.6 Å². The molecule has 88 valence electrons. The molecular weight excluding hydrogens is 210 g/mol. The Morgan fingerprint density at radius 2 is 2.18 bits per heavy atom. The molecule has 3 N–H and O–H groups in total. The standard InChI is InChI=1S/C14H17N3/c1-2-3-4-10-5-6-11-7-8-17-13(14(15)16)12(11)9-10/h5-9H,2-4H2,1H3,(H3,15,16). The summed E-state index contributed by atoms with van der Waals surface area (Å²) in [6, 6.07) is 8.27. The molecule has 0 amide bonds. The lowest BCUT2D eigenvalue weighted by Gasteiger charge is -2.06. The number of nitrogen functional groups attached to an aromatic ring is 1. The first-order chi connectivity index (χ1) is 8.22. The minimum absolute atomic E-state index is 0.0308. The fraction of sp³-hybridized carbons (Fsp3) is 0.286. The van der Waals surface area contributed by atoms with Gasteiger partial charge in [0.05, 0.1) is 0 Å². The molecule has 0 aliphatic rings. The van der Waals surface area contributed by atoms with E-state index >= 15 is 0 Å². The Bertz CT molecular complexity index is 546. The van der Waals surface area contributed by atoms with Crippen LogP contribution >= 0.6 is 0 Å². The second-order valence-corrected chi connectivity index (χ2v) is 4.23. The second kappa shape index (κ2) is 4.95. The Balaban J connectivity index is 2.50. The summed E-state index contributed by atoms with van der Waals surface area (Å²) < 4.78 is 0. The van der Waals surface area contributed by atoms with Crippen LogP contribution in [0.15, 0.2) is 30.5 Å². The molecule has 1 aromatic carbocycles. The Labute approximate surface area is 101 Å². The monoisotopic (exact) mass is 227 g/mol. The normalized spacial score (nSPS) is 10.6. The summed E-state index contributed by atoms with van der Waals surface area (Å²) in [5, 5.41) is 9.61. The van der Waals surface area contributed by atoms with E-state index in [1.165, 1.54) is 18.4 Å². The molecule has 0 bridgehead atoms. The number of benzene rings is 1. The fourth-order valence-corrected chi connectivity index (χ4v) is 1.97. The molecule has 0 unspecified atom stereocenters. The van der Waals surface area contributed by atoms with Crippen molar-refractivity contribution in [1.82, 2.24) is 4.98 Å². The van der Waals surface area contributed by atoms with Gasteiger partial charge in [-0.3, -0.25) is 10.4 Å². The highest BCUT2D eigenvalue weighted by molar-refractivity contribution is 6.05. The van der Waals surface area contributed by atoms with Crippen LogP contribution in [-0.4, -0.2) is 10.8 Å². The minimum Gasteiger partial charge on any atom is -0.382 e. The summed E-state index contributed by atoms with van der Waals surface area (Å²) in [5.41, 5.74) is 7.42. The van der Waals surface area contributed by atoms with E-state index in [9.17, 15) is 0 Å². The first-order valence-electron chi connectivity index (χ1n) is 5.94. The van der Waals surface area contributed by atoms with E-state index in [4.69, 9.17) is 11.1 Å². The van der Waals surface area contributed by atoms with Crippen molar-refractivity contribution in [2.24, 2.45) is 5.73 Å². The third-order valence-corrected chi connectivity index (χ3v) is 2.90.